The van der Waals surface area contributed by atoms with Gasteiger partial charge in [0.05, 0.1) is 14.9 Å². The van der Waals surface area contributed by atoms with Crippen molar-refractivity contribution in [1.29, 1.82) is 0 Å². The van der Waals surface area contributed by atoms with Gasteiger partial charge in [-0.1, -0.05) is 67.4 Å². The SMILES string of the molecule is CC(C)c1ccc(-c2cnc(CNCc3ccc(Cl)c(Cl)c3)s2)cc1. The van der Waals surface area contributed by atoms with Gasteiger partial charge in [-0.3, -0.25) is 0 Å². The van der Waals surface area contributed by atoms with E-state index >= 15 is 0 Å². The van der Waals surface area contributed by atoms with Crippen molar-refractivity contribution in [2.45, 2.75) is 32.9 Å². The molecule has 0 radical (unpaired) electrons. The van der Waals surface area contributed by atoms with Crippen molar-refractivity contribution in [1.82, 2.24) is 10.3 Å². The minimum atomic E-state index is 0.552. The van der Waals surface area contributed by atoms with Gasteiger partial charge in [0.2, 0.25) is 0 Å². The lowest BCUT2D eigenvalue weighted by molar-refractivity contribution is 0.690. The molecule has 1 N–H and O–H groups in total. The van der Waals surface area contributed by atoms with Gasteiger partial charge in [-0.15, -0.1) is 11.3 Å². The predicted octanol–water partition coefficient (Wildman–Crippen LogP) is 6.53. The number of benzene rings is 2. The van der Waals surface area contributed by atoms with E-state index in [1.807, 2.05) is 24.4 Å². The number of halogens is 2. The number of nitrogens with zero attached hydrogens (tertiary/aromatic N) is 1. The second-order valence-electron chi connectivity index (χ2n) is 6.25. The van der Waals surface area contributed by atoms with E-state index in [9.17, 15) is 0 Å². The van der Waals surface area contributed by atoms with Gasteiger partial charge >= 0.3 is 0 Å². The van der Waals surface area contributed by atoms with Crippen LogP contribution in [0.4, 0.5) is 0 Å². The zero-order valence-electron chi connectivity index (χ0n) is 14.2. The summed E-state index contributed by atoms with van der Waals surface area (Å²) in [6, 6.07) is 14.4. The highest BCUT2D eigenvalue weighted by Crippen LogP contribution is 2.28. The number of rotatable bonds is 6. The van der Waals surface area contributed by atoms with Crippen LogP contribution in [0.3, 0.4) is 0 Å². The molecule has 0 amide bonds. The van der Waals surface area contributed by atoms with Crippen LogP contribution in [0.1, 0.15) is 35.9 Å². The summed E-state index contributed by atoms with van der Waals surface area (Å²) in [5.74, 6) is 0.552. The Hall–Kier alpha value is -1.39. The Morgan fingerprint density at radius 3 is 2.44 bits per heavy atom. The molecule has 0 unspecified atom stereocenters. The maximum absolute atomic E-state index is 6.04. The molecule has 0 aliphatic rings. The first-order chi connectivity index (χ1) is 12.0. The maximum Gasteiger partial charge on any atom is 0.107 e. The maximum atomic E-state index is 6.04. The Morgan fingerprint density at radius 2 is 1.76 bits per heavy atom. The minimum absolute atomic E-state index is 0.552. The minimum Gasteiger partial charge on any atom is -0.306 e. The summed E-state index contributed by atoms with van der Waals surface area (Å²) in [5.41, 5.74) is 3.69. The molecule has 3 rings (SSSR count). The number of thiazole rings is 1. The average molecular weight is 391 g/mol. The van der Waals surface area contributed by atoms with Crippen molar-refractivity contribution >= 4 is 34.5 Å². The Bertz CT molecular complexity index is 841. The van der Waals surface area contributed by atoms with E-state index < -0.39 is 0 Å². The Balaban J connectivity index is 1.58. The van der Waals surface area contributed by atoms with Gasteiger partial charge in [-0.05, 0) is 34.7 Å². The van der Waals surface area contributed by atoms with E-state index in [1.54, 1.807) is 11.3 Å². The molecule has 0 saturated carbocycles. The van der Waals surface area contributed by atoms with Crippen LogP contribution in [0.5, 0.6) is 0 Å². The highest BCUT2D eigenvalue weighted by atomic mass is 35.5. The number of nitrogens with one attached hydrogen (secondary N) is 1. The predicted molar refractivity (Wildman–Crippen MR) is 109 cm³/mol. The first-order valence-corrected chi connectivity index (χ1v) is 9.80. The van der Waals surface area contributed by atoms with Crippen LogP contribution in [0.25, 0.3) is 10.4 Å². The zero-order chi connectivity index (χ0) is 17.8. The van der Waals surface area contributed by atoms with Crippen LogP contribution in [0.15, 0.2) is 48.7 Å². The molecule has 25 heavy (non-hydrogen) atoms. The van der Waals surface area contributed by atoms with Crippen LogP contribution < -0.4 is 5.32 Å². The molecule has 5 heteroatoms. The van der Waals surface area contributed by atoms with Gasteiger partial charge in [-0.2, -0.15) is 0 Å². The van der Waals surface area contributed by atoms with Gasteiger partial charge in [0, 0.05) is 19.3 Å². The zero-order valence-corrected chi connectivity index (χ0v) is 16.6. The van der Waals surface area contributed by atoms with Crippen molar-refractivity contribution < 1.29 is 0 Å². The molecule has 2 nitrogen and oxygen atoms in total. The van der Waals surface area contributed by atoms with Crippen LogP contribution in [-0.2, 0) is 13.1 Å². The fourth-order valence-electron chi connectivity index (χ4n) is 2.52. The van der Waals surface area contributed by atoms with E-state index in [0.29, 0.717) is 16.0 Å². The van der Waals surface area contributed by atoms with E-state index in [1.165, 1.54) is 16.0 Å². The third kappa shape index (κ3) is 4.83. The van der Waals surface area contributed by atoms with Crippen molar-refractivity contribution in [3.8, 4) is 10.4 Å². The summed E-state index contributed by atoms with van der Waals surface area (Å²) in [7, 11) is 0. The van der Waals surface area contributed by atoms with Crippen molar-refractivity contribution in [2.24, 2.45) is 0 Å². The largest absolute Gasteiger partial charge is 0.306 e. The third-order valence-corrected chi connectivity index (χ3v) is 5.79. The number of aromatic nitrogens is 1. The molecule has 0 saturated heterocycles. The first kappa shape index (κ1) is 18.4. The Morgan fingerprint density at radius 1 is 1.00 bits per heavy atom. The molecule has 0 spiro atoms. The van der Waals surface area contributed by atoms with Gasteiger partial charge < -0.3 is 5.32 Å². The average Bonchev–Trinajstić information content (AvgIpc) is 3.07. The quantitative estimate of drug-likeness (QED) is 0.517. The fourth-order valence-corrected chi connectivity index (χ4v) is 3.73. The van der Waals surface area contributed by atoms with E-state index in [0.717, 1.165) is 23.7 Å². The molecule has 1 heterocycles. The second-order valence-corrected chi connectivity index (χ2v) is 8.18. The van der Waals surface area contributed by atoms with Crippen LogP contribution in [-0.4, -0.2) is 4.98 Å². The summed E-state index contributed by atoms with van der Waals surface area (Å²) >= 11 is 13.7. The smallest absolute Gasteiger partial charge is 0.107 e. The monoisotopic (exact) mass is 390 g/mol. The molecule has 1 aromatic heterocycles. The molecular formula is C20H20Cl2N2S. The normalized spacial score (nSPS) is 11.2. The molecule has 0 aliphatic heterocycles. The van der Waals surface area contributed by atoms with Gasteiger partial charge in [0.1, 0.15) is 5.01 Å². The van der Waals surface area contributed by atoms with Crippen molar-refractivity contribution in [2.75, 3.05) is 0 Å². The van der Waals surface area contributed by atoms with Gasteiger partial charge in [-0.25, -0.2) is 4.98 Å². The molecular weight excluding hydrogens is 371 g/mol. The summed E-state index contributed by atoms with van der Waals surface area (Å²) < 4.78 is 0. The lowest BCUT2D eigenvalue weighted by Crippen LogP contribution is -2.12. The Kier molecular flexibility index (Phi) is 6.13. The molecule has 0 atom stereocenters. The van der Waals surface area contributed by atoms with E-state index in [4.69, 9.17) is 23.2 Å². The molecule has 0 aliphatic carbocycles. The Labute approximate surface area is 162 Å². The molecule has 0 bridgehead atoms. The summed E-state index contributed by atoms with van der Waals surface area (Å²) in [4.78, 5) is 5.72. The van der Waals surface area contributed by atoms with E-state index in [-0.39, 0.29) is 0 Å². The van der Waals surface area contributed by atoms with Gasteiger partial charge in [0.15, 0.2) is 0 Å². The number of hydrogen-bond donors (Lipinski definition) is 1. The lowest BCUT2D eigenvalue weighted by atomic mass is 10.0. The second kappa shape index (κ2) is 8.33. The summed E-state index contributed by atoms with van der Waals surface area (Å²) in [6.07, 6.45) is 1.95. The summed E-state index contributed by atoms with van der Waals surface area (Å²) in [5, 5.41) is 5.64. The standard InChI is InChI=1S/C20H20Cl2N2S/c1-13(2)15-4-6-16(7-5-15)19-11-24-20(25-19)12-23-10-14-3-8-17(21)18(22)9-14/h3-9,11,13,23H,10,12H2,1-2H3. The molecule has 130 valence electrons. The molecule has 2 aromatic carbocycles. The van der Waals surface area contributed by atoms with Crippen LogP contribution >= 0.6 is 34.5 Å². The third-order valence-electron chi connectivity index (χ3n) is 4.00. The fraction of sp³-hybridized carbons (Fsp3) is 0.250. The van der Waals surface area contributed by atoms with Crippen molar-refractivity contribution in [3.63, 3.8) is 0 Å². The lowest BCUT2D eigenvalue weighted by Gasteiger charge is -2.05. The summed E-state index contributed by atoms with van der Waals surface area (Å²) in [6.45, 7) is 5.88. The van der Waals surface area contributed by atoms with Gasteiger partial charge in [0.25, 0.3) is 0 Å². The topological polar surface area (TPSA) is 24.9 Å². The number of hydrogen-bond acceptors (Lipinski definition) is 3. The van der Waals surface area contributed by atoms with Crippen molar-refractivity contribution in [3.05, 3.63) is 74.8 Å². The van der Waals surface area contributed by atoms with E-state index in [2.05, 4.69) is 48.4 Å². The van der Waals surface area contributed by atoms with Crippen LogP contribution in [0, 0.1) is 0 Å². The highest BCUT2D eigenvalue weighted by molar-refractivity contribution is 7.15. The molecule has 3 aromatic rings. The van der Waals surface area contributed by atoms with Crippen LogP contribution in [0.2, 0.25) is 10.0 Å². The molecule has 0 fully saturated rings. The highest BCUT2D eigenvalue weighted by Gasteiger charge is 2.06. The first-order valence-electron chi connectivity index (χ1n) is 8.22.